The zero-order valence-electron chi connectivity index (χ0n) is 17.5. The number of benzene rings is 2. The van der Waals surface area contributed by atoms with Crippen molar-refractivity contribution >= 4 is 51.1 Å². The Labute approximate surface area is 193 Å². The summed E-state index contributed by atoms with van der Waals surface area (Å²) in [6.45, 7) is 2.20. The first-order valence-electron chi connectivity index (χ1n) is 10.1. The van der Waals surface area contributed by atoms with Gasteiger partial charge in [-0.15, -0.1) is 11.3 Å². The van der Waals surface area contributed by atoms with Gasteiger partial charge in [-0.1, -0.05) is 48.2 Å². The summed E-state index contributed by atoms with van der Waals surface area (Å²) in [5.41, 5.74) is 4.51. The number of nitrogens with zero attached hydrogens (tertiary/aromatic N) is 2. The van der Waals surface area contributed by atoms with E-state index < -0.39 is 0 Å². The molecule has 2 aromatic carbocycles. The first-order valence-corrected chi connectivity index (χ1v) is 12.0. The minimum atomic E-state index is -0.160. The standard InChI is InChI=1S/C23H22N4O3S2/c1-15(28)24-12-4-5-16-8-10-17(11-9-16)19-13-31-22(25-19)27-21(29)14-32-23-26-18-6-2-3-7-20(18)30-23/h2-3,6-11,13H,4-5,12,14H2,1H3,(H,24,28)(H,25,27,29). The summed E-state index contributed by atoms with van der Waals surface area (Å²) in [6, 6.07) is 15.7. The Balaban J connectivity index is 1.27. The highest BCUT2D eigenvalue weighted by Crippen LogP contribution is 2.26. The highest BCUT2D eigenvalue weighted by Gasteiger charge is 2.12. The Bertz CT molecular complexity index is 1180. The molecule has 0 fully saturated rings. The number of aryl methyl sites for hydroxylation is 1. The lowest BCUT2D eigenvalue weighted by Gasteiger charge is -2.04. The Hall–Kier alpha value is -3.17. The van der Waals surface area contributed by atoms with Gasteiger partial charge in [-0.3, -0.25) is 9.59 Å². The Morgan fingerprint density at radius 1 is 1.09 bits per heavy atom. The first-order chi connectivity index (χ1) is 15.6. The average Bonchev–Trinajstić information content (AvgIpc) is 3.42. The average molecular weight is 467 g/mol. The van der Waals surface area contributed by atoms with E-state index in [4.69, 9.17) is 4.42 Å². The fourth-order valence-corrected chi connectivity index (χ4v) is 4.43. The van der Waals surface area contributed by atoms with Crippen molar-refractivity contribution in [2.75, 3.05) is 17.6 Å². The molecule has 0 aliphatic carbocycles. The smallest absolute Gasteiger partial charge is 0.257 e. The van der Waals surface area contributed by atoms with Gasteiger partial charge in [-0.25, -0.2) is 9.97 Å². The Morgan fingerprint density at radius 2 is 1.91 bits per heavy atom. The summed E-state index contributed by atoms with van der Waals surface area (Å²) in [5, 5.41) is 8.59. The highest BCUT2D eigenvalue weighted by molar-refractivity contribution is 7.99. The minimum Gasteiger partial charge on any atom is -0.431 e. The van der Waals surface area contributed by atoms with E-state index in [-0.39, 0.29) is 17.6 Å². The molecule has 7 nitrogen and oxygen atoms in total. The zero-order chi connectivity index (χ0) is 22.3. The topological polar surface area (TPSA) is 97.1 Å². The first kappa shape index (κ1) is 22.0. The van der Waals surface area contributed by atoms with Crippen LogP contribution in [0.3, 0.4) is 0 Å². The molecule has 4 aromatic rings. The molecule has 164 valence electrons. The van der Waals surface area contributed by atoms with E-state index in [0.717, 1.165) is 29.6 Å². The van der Waals surface area contributed by atoms with Crippen LogP contribution in [0.2, 0.25) is 0 Å². The van der Waals surface area contributed by atoms with Crippen molar-refractivity contribution in [1.82, 2.24) is 15.3 Å². The molecule has 0 unspecified atom stereocenters. The molecule has 0 atom stereocenters. The van der Waals surface area contributed by atoms with Gasteiger partial charge in [0.1, 0.15) is 5.52 Å². The van der Waals surface area contributed by atoms with Gasteiger partial charge in [-0.05, 0) is 30.5 Å². The molecule has 2 amide bonds. The molecule has 0 bridgehead atoms. The van der Waals surface area contributed by atoms with Crippen molar-refractivity contribution in [3.63, 3.8) is 0 Å². The van der Waals surface area contributed by atoms with E-state index in [2.05, 4.69) is 32.7 Å². The molecular formula is C23H22N4O3S2. The molecule has 0 radical (unpaired) electrons. The van der Waals surface area contributed by atoms with E-state index in [1.165, 1.54) is 35.6 Å². The summed E-state index contributed by atoms with van der Waals surface area (Å²) in [5.74, 6) is 0.0267. The lowest BCUT2D eigenvalue weighted by atomic mass is 10.1. The second-order valence-electron chi connectivity index (χ2n) is 7.11. The molecule has 2 heterocycles. The second-order valence-corrected chi connectivity index (χ2v) is 8.89. The SMILES string of the molecule is CC(=O)NCCCc1ccc(-c2csc(NC(=O)CSc3nc4ccccc4o3)n2)cc1. The summed E-state index contributed by atoms with van der Waals surface area (Å²) in [6.07, 6.45) is 1.80. The fraction of sp³-hybridized carbons (Fsp3) is 0.217. The predicted molar refractivity (Wildman–Crippen MR) is 128 cm³/mol. The summed E-state index contributed by atoms with van der Waals surface area (Å²) >= 11 is 2.64. The number of para-hydroxylation sites is 2. The third kappa shape index (κ3) is 5.95. The maximum atomic E-state index is 12.3. The third-order valence-electron chi connectivity index (χ3n) is 4.62. The maximum absolute atomic E-state index is 12.3. The molecule has 2 aromatic heterocycles. The lowest BCUT2D eigenvalue weighted by Crippen LogP contribution is -2.21. The molecular weight excluding hydrogens is 444 g/mol. The number of aromatic nitrogens is 2. The van der Waals surface area contributed by atoms with E-state index >= 15 is 0 Å². The van der Waals surface area contributed by atoms with Crippen LogP contribution in [0.15, 0.2) is 63.6 Å². The lowest BCUT2D eigenvalue weighted by molar-refractivity contribution is -0.119. The molecule has 9 heteroatoms. The zero-order valence-corrected chi connectivity index (χ0v) is 19.1. The van der Waals surface area contributed by atoms with Gasteiger partial charge in [0.15, 0.2) is 10.7 Å². The number of anilines is 1. The van der Waals surface area contributed by atoms with Crippen LogP contribution in [0, 0.1) is 0 Å². The van der Waals surface area contributed by atoms with Crippen LogP contribution in [-0.4, -0.2) is 34.1 Å². The molecule has 0 spiro atoms. The van der Waals surface area contributed by atoms with Crippen molar-refractivity contribution in [1.29, 1.82) is 0 Å². The molecule has 0 aliphatic rings. The third-order valence-corrected chi connectivity index (χ3v) is 6.20. The van der Waals surface area contributed by atoms with Crippen LogP contribution < -0.4 is 10.6 Å². The van der Waals surface area contributed by atoms with Crippen LogP contribution in [0.25, 0.3) is 22.4 Å². The van der Waals surface area contributed by atoms with E-state index in [0.29, 0.717) is 22.5 Å². The number of thioether (sulfide) groups is 1. The van der Waals surface area contributed by atoms with E-state index in [1.807, 2.05) is 41.8 Å². The largest absolute Gasteiger partial charge is 0.431 e. The minimum absolute atomic E-state index is 0.00318. The van der Waals surface area contributed by atoms with Crippen LogP contribution >= 0.6 is 23.1 Å². The van der Waals surface area contributed by atoms with Gasteiger partial charge in [0, 0.05) is 24.4 Å². The van der Waals surface area contributed by atoms with Gasteiger partial charge < -0.3 is 15.1 Å². The Kier molecular flexibility index (Phi) is 7.18. The second kappa shape index (κ2) is 10.4. The number of fused-ring (bicyclic) bond motifs is 1. The van der Waals surface area contributed by atoms with Gasteiger partial charge in [0.25, 0.3) is 5.22 Å². The van der Waals surface area contributed by atoms with Crippen LogP contribution in [0.4, 0.5) is 5.13 Å². The number of amides is 2. The number of nitrogens with one attached hydrogen (secondary N) is 2. The number of hydrogen-bond donors (Lipinski definition) is 2. The predicted octanol–water partition coefficient (Wildman–Crippen LogP) is 4.75. The molecule has 32 heavy (non-hydrogen) atoms. The van der Waals surface area contributed by atoms with Crippen LogP contribution in [-0.2, 0) is 16.0 Å². The van der Waals surface area contributed by atoms with Crippen LogP contribution in [0.5, 0.6) is 0 Å². The van der Waals surface area contributed by atoms with Crippen molar-refractivity contribution in [3.8, 4) is 11.3 Å². The van der Waals surface area contributed by atoms with Gasteiger partial charge in [-0.2, -0.15) is 0 Å². The van der Waals surface area contributed by atoms with E-state index in [1.54, 1.807) is 0 Å². The monoisotopic (exact) mass is 466 g/mol. The normalized spacial score (nSPS) is 10.9. The fourth-order valence-electron chi connectivity index (χ4n) is 3.06. The van der Waals surface area contributed by atoms with Gasteiger partial charge in [0.2, 0.25) is 11.8 Å². The maximum Gasteiger partial charge on any atom is 0.257 e. The van der Waals surface area contributed by atoms with Crippen molar-refractivity contribution in [3.05, 3.63) is 59.5 Å². The summed E-state index contributed by atoms with van der Waals surface area (Å²) in [4.78, 5) is 32.1. The number of hydrogen-bond acceptors (Lipinski definition) is 7. The number of oxazole rings is 1. The summed E-state index contributed by atoms with van der Waals surface area (Å²) < 4.78 is 5.62. The van der Waals surface area contributed by atoms with Crippen molar-refractivity contribution in [2.24, 2.45) is 0 Å². The number of carbonyl (C=O) groups excluding carboxylic acids is 2. The molecule has 0 saturated heterocycles. The molecule has 0 saturated carbocycles. The molecule has 4 rings (SSSR count). The van der Waals surface area contributed by atoms with Gasteiger partial charge in [0.05, 0.1) is 11.4 Å². The number of rotatable bonds is 9. The van der Waals surface area contributed by atoms with Gasteiger partial charge >= 0.3 is 0 Å². The van der Waals surface area contributed by atoms with Crippen molar-refractivity contribution in [2.45, 2.75) is 25.0 Å². The quantitative estimate of drug-likeness (QED) is 0.273. The number of carbonyl (C=O) groups is 2. The Morgan fingerprint density at radius 3 is 2.69 bits per heavy atom. The summed E-state index contributed by atoms with van der Waals surface area (Å²) in [7, 11) is 0. The van der Waals surface area contributed by atoms with E-state index in [9.17, 15) is 9.59 Å². The highest BCUT2D eigenvalue weighted by atomic mass is 32.2. The number of thiazole rings is 1. The molecule has 0 aliphatic heterocycles. The van der Waals surface area contributed by atoms with Crippen molar-refractivity contribution < 1.29 is 14.0 Å². The molecule has 2 N–H and O–H groups in total. The van der Waals surface area contributed by atoms with Crippen LogP contribution in [0.1, 0.15) is 18.9 Å².